The fourth-order valence-electron chi connectivity index (χ4n) is 2.04. The van der Waals surface area contributed by atoms with Gasteiger partial charge < -0.3 is 10.1 Å². The molecule has 2 unspecified atom stereocenters. The van der Waals surface area contributed by atoms with Crippen LogP contribution in [0.5, 0.6) is 5.88 Å². The Bertz CT molecular complexity index is 525. The van der Waals surface area contributed by atoms with Gasteiger partial charge in [0.2, 0.25) is 5.88 Å². The first-order chi connectivity index (χ1) is 9.41. The maximum absolute atomic E-state index is 12.6. The molecule has 0 aliphatic carbocycles. The van der Waals surface area contributed by atoms with Gasteiger partial charge in [-0.1, -0.05) is 6.92 Å². The largest absolute Gasteiger partial charge is 0.472 e. The maximum Gasteiger partial charge on any atom is 0.433 e. The first kappa shape index (κ1) is 14.6. The van der Waals surface area contributed by atoms with E-state index in [0.717, 1.165) is 25.1 Å². The first-order valence-corrected chi connectivity index (χ1v) is 6.27. The molecular formula is C13H14F3N3O. The molecule has 1 aromatic rings. The van der Waals surface area contributed by atoms with Gasteiger partial charge in [-0.15, -0.1) is 0 Å². The zero-order chi connectivity index (χ0) is 14.8. The molecule has 108 valence electrons. The number of ether oxygens (including phenoxy) is 1. The molecule has 0 saturated carbocycles. The lowest BCUT2D eigenvalue weighted by atomic mass is 9.97. The quantitative estimate of drug-likeness (QED) is 0.906. The van der Waals surface area contributed by atoms with Crippen molar-refractivity contribution in [1.82, 2.24) is 10.3 Å². The van der Waals surface area contributed by atoms with Crippen LogP contribution in [-0.4, -0.2) is 24.2 Å². The lowest BCUT2D eigenvalue weighted by Crippen LogP contribution is -2.43. The van der Waals surface area contributed by atoms with E-state index < -0.39 is 11.9 Å². The average molecular weight is 285 g/mol. The molecule has 1 aromatic heterocycles. The molecule has 0 amide bonds. The molecule has 1 fully saturated rings. The van der Waals surface area contributed by atoms with Crippen molar-refractivity contribution >= 4 is 0 Å². The number of aromatic nitrogens is 1. The van der Waals surface area contributed by atoms with Gasteiger partial charge in [0, 0.05) is 6.54 Å². The Hall–Kier alpha value is -1.81. The number of pyridine rings is 1. The van der Waals surface area contributed by atoms with Gasteiger partial charge >= 0.3 is 6.18 Å². The Morgan fingerprint density at radius 3 is 2.80 bits per heavy atom. The zero-order valence-corrected chi connectivity index (χ0v) is 10.9. The molecule has 0 aromatic carbocycles. The number of nitriles is 1. The number of hydrogen-bond acceptors (Lipinski definition) is 4. The molecule has 2 heterocycles. The molecule has 1 aliphatic heterocycles. The van der Waals surface area contributed by atoms with Crippen molar-refractivity contribution in [3.8, 4) is 11.9 Å². The van der Waals surface area contributed by atoms with Crippen LogP contribution in [0.1, 0.15) is 24.6 Å². The maximum atomic E-state index is 12.6. The lowest BCUT2D eigenvalue weighted by molar-refractivity contribution is -0.141. The number of rotatable bonds is 2. The SMILES string of the molecule is CC1CCNCC1Oc1nc(C(F)(F)F)ccc1C#N. The molecule has 0 bridgehead atoms. The van der Waals surface area contributed by atoms with Crippen LogP contribution in [0.15, 0.2) is 12.1 Å². The number of nitrogens with zero attached hydrogens (tertiary/aromatic N) is 2. The first-order valence-electron chi connectivity index (χ1n) is 6.27. The van der Waals surface area contributed by atoms with E-state index in [9.17, 15) is 13.2 Å². The van der Waals surface area contributed by atoms with Crippen molar-refractivity contribution in [3.63, 3.8) is 0 Å². The summed E-state index contributed by atoms with van der Waals surface area (Å²) in [5.41, 5.74) is -1.04. The van der Waals surface area contributed by atoms with Gasteiger partial charge in [0.1, 0.15) is 23.4 Å². The smallest absolute Gasteiger partial charge is 0.433 e. The lowest BCUT2D eigenvalue weighted by Gasteiger charge is -2.29. The number of alkyl halides is 3. The molecule has 4 nitrogen and oxygen atoms in total. The zero-order valence-electron chi connectivity index (χ0n) is 10.9. The number of nitrogens with one attached hydrogen (secondary N) is 1. The van der Waals surface area contributed by atoms with Crippen LogP contribution in [0.4, 0.5) is 13.2 Å². The summed E-state index contributed by atoms with van der Waals surface area (Å²) < 4.78 is 43.5. The summed E-state index contributed by atoms with van der Waals surface area (Å²) in [4.78, 5) is 3.45. The van der Waals surface area contributed by atoms with Crippen molar-refractivity contribution in [2.45, 2.75) is 25.6 Å². The summed E-state index contributed by atoms with van der Waals surface area (Å²) in [6.45, 7) is 3.34. The summed E-state index contributed by atoms with van der Waals surface area (Å²) in [5, 5.41) is 12.1. The van der Waals surface area contributed by atoms with Crippen molar-refractivity contribution in [1.29, 1.82) is 5.26 Å². The molecule has 7 heteroatoms. The number of hydrogen-bond donors (Lipinski definition) is 1. The highest BCUT2D eigenvalue weighted by molar-refractivity contribution is 5.39. The monoisotopic (exact) mass is 285 g/mol. The minimum absolute atomic E-state index is 0.00998. The van der Waals surface area contributed by atoms with Crippen molar-refractivity contribution < 1.29 is 17.9 Å². The van der Waals surface area contributed by atoms with E-state index >= 15 is 0 Å². The normalized spacial score (nSPS) is 23.1. The van der Waals surface area contributed by atoms with Gasteiger partial charge in [-0.05, 0) is 31.0 Å². The number of halogens is 3. The second-order valence-corrected chi connectivity index (χ2v) is 4.79. The van der Waals surface area contributed by atoms with E-state index in [2.05, 4.69) is 10.3 Å². The van der Waals surface area contributed by atoms with Crippen molar-refractivity contribution in [2.75, 3.05) is 13.1 Å². The Morgan fingerprint density at radius 1 is 1.45 bits per heavy atom. The van der Waals surface area contributed by atoms with E-state index in [1.807, 2.05) is 6.92 Å². The fraction of sp³-hybridized carbons (Fsp3) is 0.538. The summed E-state index contributed by atoms with van der Waals surface area (Å²) >= 11 is 0. The van der Waals surface area contributed by atoms with Crippen LogP contribution in [0, 0.1) is 17.2 Å². The van der Waals surface area contributed by atoms with Gasteiger partial charge in [-0.2, -0.15) is 18.4 Å². The molecule has 1 N–H and O–H groups in total. The van der Waals surface area contributed by atoms with Gasteiger partial charge in [-0.25, -0.2) is 4.98 Å². The van der Waals surface area contributed by atoms with Gasteiger partial charge in [0.25, 0.3) is 0 Å². The van der Waals surface area contributed by atoms with Crippen LogP contribution >= 0.6 is 0 Å². The third-order valence-corrected chi connectivity index (χ3v) is 3.29. The Labute approximate surface area is 114 Å². The third kappa shape index (κ3) is 3.20. The molecule has 1 saturated heterocycles. The Balaban J connectivity index is 2.27. The fourth-order valence-corrected chi connectivity index (χ4v) is 2.04. The predicted molar refractivity (Wildman–Crippen MR) is 65.0 cm³/mol. The van der Waals surface area contributed by atoms with Crippen LogP contribution < -0.4 is 10.1 Å². The summed E-state index contributed by atoms with van der Waals surface area (Å²) in [6, 6.07) is 3.68. The summed E-state index contributed by atoms with van der Waals surface area (Å²) in [6.07, 6.45) is -3.97. The topological polar surface area (TPSA) is 57.9 Å². The van der Waals surface area contributed by atoms with E-state index in [1.165, 1.54) is 0 Å². The summed E-state index contributed by atoms with van der Waals surface area (Å²) in [5.74, 6) is -0.0537. The minimum atomic E-state index is -4.55. The minimum Gasteiger partial charge on any atom is -0.472 e. The molecule has 2 atom stereocenters. The predicted octanol–water partition coefficient (Wildman–Crippen LogP) is 2.35. The molecule has 2 rings (SSSR count). The van der Waals surface area contributed by atoms with E-state index in [1.54, 1.807) is 6.07 Å². The van der Waals surface area contributed by atoms with Crippen molar-refractivity contribution in [3.05, 3.63) is 23.4 Å². The van der Waals surface area contributed by atoms with Crippen molar-refractivity contribution in [2.24, 2.45) is 5.92 Å². The van der Waals surface area contributed by atoms with Crippen LogP contribution in [0.2, 0.25) is 0 Å². The van der Waals surface area contributed by atoms with Crippen LogP contribution in [0.3, 0.4) is 0 Å². The standard InChI is InChI=1S/C13H14F3N3O/c1-8-4-5-18-7-10(8)20-12-9(6-17)2-3-11(19-12)13(14,15)16/h2-3,8,10,18H,4-5,7H2,1H3. The molecule has 0 spiro atoms. The van der Waals surface area contributed by atoms with E-state index in [4.69, 9.17) is 10.00 Å². The van der Waals surface area contributed by atoms with E-state index in [0.29, 0.717) is 6.54 Å². The average Bonchev–Trinajstić information content (AvgIpc) is 2.40. The summed E-state index contributed by atoms with van der Waals surface area (Å²) in [7, 11) is 0. The highest BCUT2D eigenvalue weighted by Gasteiger charge is 2.34. The third-order valence-electron chi connectivity index (χ3n) is 3.29. The molecule has 1 aliphatic rings. The van der Waals surface area contributed by atoms with Gasteiger partial charge in [0.15, 0.2) is 0 Å². The van der Waals surface area contributed by atoms with Crippen LogP contribution in [-0.2, 0) is 6.18 Å². The molecule has 0 radical (unpaired) electrons. The second-order valence-electron chi connectivity index (χ2n) is 4.79. The Morgan fingerprint density at radius 2 is 2.20 bits per heavy atom. The molecular weight excluding hydrogens is 271 g/mol. The second kappa shape index (κ2) is 5.67. The van der Waals surface area contributed by atoms with Crippen LogP contribution in [0.25, 0.3) is 0 Å². The van der Waals surface area contributed by atoms with Gasteiger partial charge in [0.05, 0.1) is 0 Å². The molecule has 20 heavy (non-hydrogen) atoms. The highest BCUT2D eigenvalue weighted by Crippen LogP contribution is 2.31. The van der Waals surface area contributed by atoms with E-state index in [-0.39, 0.29) is 23.5 Å². The Kier molecular flexibility index (Phi) is 4.14. The number of piperidine rings is 1. The highest BCUT2D eigenvalue weighted by atomic mass is 19.4. The van der Waals surface area contributed by atoms with Gasteiger partial charge in [-0.3, -0.25) is 0 Å².